The summed E-state index contributed by atoms with van der Waals surface area (Å²) in [6, 6.07) is 8.94. The van der Waals surface area contributed by atoms with Crippen molar-refractivity contribution >= 4 is 9.84 Å². The van der Waals surface area contributed by atoms with E-state index in [0.29, 0.717) is 12.1 Å². The maximum Gasteiger partial charge on any atom is 0.272 e. The van der Waals surface area contributed by atoms with Crippen LogP contribution in [-0.4, -0.2) is 34.4 Å². The van der Waals surface area contributed by atoms with Crippen molar-refractivity contribution in [1.29, 1.82) is 0 Å². The third kappa shape index (κ3) is 2.33. The molecule has 2 rings (SSSR count). The minimum absolute atomic E-state index is 0.0419. The van der Waals surface area contributed by atoms with Gasteiger partial charge in [0.25, 0.3) is 5.16 Å². The smallest absolute Gasteiger partial charge is 0.220 e. The second-order valence-corrected chi connectivity index (χ2v) is 5.53. The Balaban J connectivity index is 2.50. The first-order valence-corrected chi connectivity index (χ1v) is 6.87. The van der Waals surface area contributed by atoms with Gasteiger partial charge in [0.2, 0.25) is 9.84 Å². The molecule has 0 bridgehead atoms. The number of sulfone groups is 1. The molecular weight excluding hydrogens is 240 g/mol. The van der Waals surface area contributed by atoms with Gasteiger partial charge in [-0.2, -0.15) is 4.68 Å². The summed E-state index contributed by atoms with van der Waals surface area (Å²) in [5.41, 5.74) is 0.632. The number of benzene rings is 1. The van der Waals surface area contributed by atoms with Crippen LogP contribution >= 0.6 is 0 Å². The highest BCUT2D eigenvalue weighted by Gasteiger charge is 2.22. The second kappa shape index (κ2) is 4.62. The zero-order valence-electron chi connectivity index (χ0n) is 9.31. The quantitative estimate of drug-likeness (QED) is 0.806. The van der Waals surface area contributed by atoms with E-state index in [4.69, 9.17) is 0 Å². The fourth-order valence-corrected chi connectivity index (χ4v) is 2.75. The second-order valence-electron chi connectivity index (χ2n) is 3.53. The Morgan fingerprint density at radius 2 is 1.94 bits per heavy atom. The van der Waals surface area contributed by atoms with Crippen molar-refractivity contribution in [2.45, 2.75) is 18.5 Å². The van der Waals surface area contributed by atoms with Crippen LogP contribution in [0.25, 0.3) is 5.69 Å². The fraction of sp³-hybridized carbons (Fsp3) is 0.300. The van der Waals surface area contributed by atoms with Gasteiger partial charge in [-0.05, 0) is 29.0 Å². The third-order valence-corrected chi connectivity index (χ3v) is 3.95. The number of para-hydroxylation sites is 1. The lowest BCUT2D eigenvalue weighted by molar-refractivity contribution is 0.579. The molecule has 2 aromatic rings. The van der Waals surface area contributed by atoms with E-state index in [2.05, 4.69) is 15.5 Å². The molecule has 0 amide bonds. The first-order valence-electron chi connectivity index (χ1n) is 5.21. The Hall–Kier alpha value is -1.76. The number of aromatic nitrogens is 4. The van der Waals surface area contributed by atoms with E-state index < -0.39 is 9.84 Å². The molecule has 0 saturated carbocycles. The van der Waals surface area contributed by atoms with Crippen molar-refractivity contribution in [3.8, 4) is 5.69 Å². The molecule has 0 aliphatic carbocycles. The Bertz CT molecular complexity index is 592. The summed E-state index contributed by atoms with van der Waals surface area (Å²) in [7, 11) is -3.42. The normalized spacial score (nSPS) is 11.6. The van der Waals surface area contributed by atoms with Gasteiger partial charge >= 0.3 is 0 Å². The minimum atomic E-state index is -3.42. The first kappa shape index (κ1) is 11.7. The number of hydrogen-bond acceptors (Lipinski definition) is 5. The van der Waals surface area contributed by atoms with E-state index in [-0.39, 0.29) is 10.9 Å². The fourth-order valence-electron chi connectivity index (χ4n) is 1.46. The summed E-state index contributed by atoms with van der Waals surface area (Å²) in [4.78, 5) is 0. The van der Waals surface area contributed by atoms with Gasteiger partial charge in [-0.15, -0.1) is 0 Å². The molecule has 0 aliphatic rings. The van der Waals surface area contributed by atoms with E-state index in [1.54, 1.807) is 31.2 Å². The molecule has 0 spiro atoms. The summed E-state index contributed by atoms with van der Waals surface area (Å²) in [6.45, 7) is 1.80. The molecule has 1 aromatic heterocycles. The number of rotatable bonds is 4. The summed E-state index contributed by atoms with van der Waals surface area (Å²) in [5.74, 6) is 0.0419. The Morgan fingerprint density at radius 3 is 2.59 bits per heavy atom. The van der Waals surface area contributed by atoms with E-state index in [1.807, 2.05) is 6.07 Å². The van der Waals surface area contributed by atoms with Gasteiger partial charge < -0.3 is 0 Å². The molecule has 1 heterocycles. The lowest BCUT2D eigenvalue weighted by Gasteiger charge is -2.04. The molecule has 7 heteroatoms. The highest BCUT2D eigenvalue weighted by atomic mass is 32.2. The maximum absolute atomic E-state index is 11.9. The van der Waals surface area contributed by atoms with Crippen LogP contribution in [0.3, 0.4) is 0 Å². The molecule has 0 aliphatic heterocycles. The zero-order valence-corrected chi connectivity index (χ0v) is 10.1. The molecule has 17 heavy (non-hydrogen) atoms. The van der Waals surface area contributed by atoms with Crippen LogP contribution in [0.1, 0.15) is 13.3 Å². The van der Waals surface area contributed by atoms with Crippen molar-refractivity contribution in [2.75, 3.05) is 5.75 Å². The van der Waals surface area contributed by atoms with Crippen molar-refractivity contribution in [2.24, 2.45) is 0 Å². The SMILES string of the molecule is CCCS(=O)(=O)c1nnnn1-c1ccccc1. The predicted molar refractivity (Wildman–Crippen MR) is 61.5 cm³/mol. The van der Waals surface area contributed by atoms with Gasteiger partial charge in [0.15, 0.2) is 0 Å². The molecule has 0 radical (unpaired) electrons. The van der Waals surface area contributed by atoms with Gasteiger partial charge in [-0.25, -0.2) is 8.42 Å². The average molecular weight is 252 g/mol. The summed E-state index contributed by atoms with van der Waals surface area (Å²) in [5, 5.41) is 10.6. The molecule has 0 fully saturated rings. The predicted octanol–water partition coefficient (Wildman–Crippen LogP) is 0.846. The maximum atomic E-state index is 11.9. The summed E-state index contributed by atoms with van der Waals surface area (Å²) < 4.78 is 25.1. The third-order valence-electron chi connectivity index (χ3n) is 2.19. The van der Waals surface area contributed by atoms with Crippen molar-refractivity contribution in [3.63, 3.8) is 0 Å². The molecule has 90 valence electrons. The Labute approximate surface area is 99.2 Å². The molecule has 0 saturated heterocycles. The van der Waals surface area contributed by atoms with Crippen LogP contribution in [0.2, 0.25) is 0 Å². The molecule has 1 aromatic carbocycles. The Morgan fingerprint density at radius 1 is 1.24 bits per heavy atom. The largest absolute Gasteiger partial charge is 0.272 e. The molecule has 0 unspecified atom stereocenters. The van der Waals surface area contributed by atoms with Crippen molar-refractivity contribution in [3.05, 3.63) is 30.3 Å². The number of hydrogen-bond donors (Lipinski definition) is 0. The topological polar surface area (TPSA) is 77.7 Å². The number of tetrazole rings is 1. The molecule has 0 atom stereocenters. The Kier molecular flexibility index (Phi) is 3.19. The lowest BCUT2D eigenvalue weighted by Crippen LogP contribution is -2.13. The van der Waals surface area contributed by atoms with Gasteiger partial charge in [0, 0.05) is 0 Å². The highest BCUT2D eigenvalue weighted by Crippen LogP contribution is 2.13. The molecule has 6 nitrogen and oxygen atoms in total. The van der Waals surface area contributed by atoms with Crippen molar-refractivity contribution < 1.29 is 8.42 Å². The van der Waals surface area contributed by atoms with E-state index in [0.717, 1.165) is 0 Å². The van der Waals surface area contributed by atoms with E-state index in [1.165, 1.54) is 4.68 Å². The molecule has 0 N–H and O–H groups in total. The minimum Gasteiger partial charge on any atom is -0.220 e. The lowest BCUT2D eigenvalue weighted by atomic mass is 10.3. The van der Waals surface area contributed by atoms with Crippen LogP contribution in [0.15, 0.2) is 35.5 Å². The van der Waals surface area contributed by atoms with Gasteiger partial charge in [-0.1, -0.05) is 30.2 Å². The monoisotopic (exact) mass is 252 g/mol. The van der Waals surface area contributed by atoms with Crippen LogP contribution < -0.4 is 0 Å². The number of nitrogens with zero attached hydrogens (tertiary/aromatic N) is 4. The van der Waals surface area contributed by atoms with E-state index in [9.17, 15) is 8.42 Å². The van der Waals surface area contributed by atoms with Crippen LogP contribution in [-0.2, 0) is 9.84 Å². The average Bonchev–Trinajstić information content (AvgIpc) is 2.79. The van der Waals surface area contributed by atoms with Crippen LogP contribution in [0.5, 0.6) is 0 Å². The van der Waals surface area contributed by atoms with E-state index >= 15 is 0 Å². The van der Waals surface area contributed by atoms with Crippen LogP contribution in [0, 0.1) is 0 Å². The summed E-state index contributed by atoms with van der Waals surface area (Å²) in [6.07, 6.45) is 0.532. The van der Waals surface area contributed by atoms with Crippen LogP contribution in [0.4, 0.5) is 0 Å². The highest BCUT2D eigenvalue weighted by molar-refractivity contribution is 7.91. The molecular formula is C10H12N4O2S. The zero-order chi connectivity index (χ0) is 12.3. The van der Waals surface area contributed by atoms with Gasteiger partial charge in [0.05, 0.1) is 11.4 Å². The first-order chi connectivity index (χ1) is 8.15. The standard InChI is InChI=1S/C10H12N4O2S/c1-2-8-17(15,16)10-11-12-13-14(10)9-6-4-3-5-7-9/h3-7H,2,8H2,1H3. The summed E-state index contributed by atoms with van der Waals surface area (Å²) >= 11 is 0. The van der Waals surface area contributed by atoms with Crippen molar-refractivity contribution in [1.82, 2.24) is 20.2 Å². The van der Waals surface area contributed by atoms with Gasteiger partial charge in [0.1, 0.15) is 0 Å². The van der Waals surface area contributed by atoms with Gasteiger partial charge in [-0.3, -0.25) is 0 Å².